The molecule has 0 aliphatic heterocycles. The summed E-state index contributed by atoms with van der Waals surface area (Å²) >= 11 is 0. The molecule has 0 amide bonds. The van der Waals surface area contributed by atoms with Crippen molar-refractivity contribution in [1.82, 2.24) is 10.2 Å². The number of nitrogens with two attached hydrogens (primary N) is 1. The van der Waals surface area contributed by atoms with Gasteiger partial charge in [-0.05, 0) is 25.5 Å². The third-order valence-corrected chi connectivity index (χ3v) is 2.79. The zero-order valence-corrected chi connectivity index (χ0v) is 10.8. The zero-order valence-electron chi connectivity index (χ0n) is 10.8. The minimum absolute atomic E-state index is 0.262. The summed E-state index contributed by atoms with van der Waals surface area (Å²) < 4.78 is 4.98. The van der Waals surface area contributed by atoms with Crippen LogP contribution in [0.25, 0.3) is 0 Å². The molecule has 1 heterocycles. The molecule has 1 atom stereocenters. The fraction of sp³-hybridized carbons (Fsp3) is 0.286. The van der Waals surface area contributed by atoms with Gasteiger partial charge in [-0.1, -0.05) is 29.3 Å². The minimum atomic E-state index is -0.262. The van der Waals surface area contributed by atoms with Crippen molar-refractivity contribution in [1.29, 1.82) is 0 Å². The van der Waals surface area contributed by atoms with E-state index in [9.17, 15) is 0 Å². The molecule has 0 radical (unpaired) electrons. The van der Waals surface area contributed by atoms with Crippen molar-refractivity contribution >= 4 is 0 Å². The van der Waals surface area contributed by atoms with Gasteiger partial charge in [-0.3, -0.25) is 0 Å². The number of nitrogens with zero attached hydrogens (tertiary/aromatic N) is 2. The molecule has 0 bridgehead atoms. The molecule has 1 aromatic heterocycles. The summed E-state index contributed by atoms with van der Waals surface area (Å²) in [6.45, 7) is 4.12. The molecule has 2 aromatic rings. The van der Waals surface area contributed by atoms with Crippen LogP contribution < -0.4 is 10.5 Å². The van der Waals surface area contributed by atoms with Crippen molar-refractivity contribution in [2.45, 2.75) is 19.9 Å². The molecule has 18 heavy (non-hydrogen) atoms. The van der Waals surface area contributed by atoms with Gasteiger partial charge in [0.1, 0.15) is 0 Å². The van der Waals surface area contributed by atoms with Crippen molar-refractivity contribution in [2.24, 2.45) is 5.73 Å². The molecule has 0 fully saturated rings. The lowest BCUT2D eigenvalue weighted by Crippen LogP contribution is -2.14. The van der Waals surface area contributed by atoms with Gasteiger partial charge in [0, 0.05) is 6.07 Å². The van der Waals surface area contributed by atoms with Crippen LogP contribution in [-0.2, 0) is 0 Å². The van der Waals surface area contributed by atoms with Gasteiger partial charge in [-0.15, -0.1) is 10.2 Å². The van der Waals surface area contributed by atoms with Crippen LogP contribution >= 0.6 is 0 Å². The van der Waals surface area contributed by atoms with Gasteiger partial charge in [-0.25, -0.2) is 0 Å². The second-order valence-corrected chi connectivity index (χ2v) is 4.40. The average Bonchev–Trinajstić information content (AvgIpc) is 2.37. The Morgan fingerprint density at radius 1 is 1.06 bits per heavy atom. The Bertz CT molecular complexity index is 517. The van der Waals surface area contributed by atoms with Crippen LogP contribution in [-0.4, -0.2) is 17.3 Å². The van der Waals surface area contributed by atoms with Gasteiger partial charge >= 0.3 is 0 Å². The van der Waals surface area contributed by atoms with E-state index in [4.69, 9.17) is 10.5 Å². The highest BCUT2D eigenvalue weighted by Gasteiger charge is 2.12. The maximum Gasteiger partial charge on any atom is 0.233 e. The normalized spacial score (nSPS) is 12.2. The molecule has 94 valence electrons. The molecule has 2 N–H and O–H groups in total. The first-order valence-corrected chi connectivity index (χ1v) is 5.81. The molecule has 0 aliphatic rings. The number of aryl methyl sites for hydroxylation is 2. The lowest BCUT2D eigenvalue weighted by atomic mass is 10.00. The number of rotatable bonds is 3. The molecule has 1 unspecified atom stereocenters. The summed E-state index contributed by atoms with van der Waals surface area (Å²) in [6, 6.07) is 9.62. The van der Waals surface area contributed by atoms with Crippen LogP contribution in [0.4, 0.5) is 0 Å². The van der Waals surface area contributed by atoms with Gasteiger partial charge in [0.2, 0.25) is 5.88 Å². The van der Waals surface area contributed by atoms with Gasteiger partial charge in [0.05, 0.1) is 18.8 Å². The van der Waals surface area contributed by atoms with Gasteiger partial charge < -0.3 is 10.5 Å². The van der Waals surface area contributed by atoms with E-state index in [0.29, 0.717) is 5.88 Å². The second kappa shape index (κ2) is 5.14. The average molecular weight is 243 g/mol. The molecule has 0 spiro atoms. The predicted octanol–water partition coefficient (Wildman–Crippen LogP) is 2.15. The molecule has 0 saturated carbocycles. The number of methoxy groups -OCH3 is 1. The Morgan fingerprint density at radius 2 is 1.72 bits per heavy atom. The van der Waals surface area contributed by atoms with Gasteiger partial charge in [0.15, 0.2) is 0 Å². The lowest BCUT2D eigenvalue weighted by Gasteiger charge is -2.13. The molecular weight excluding hydrogens is 226 g/mol. The SMILES string of the molecule is COc1ccc(C(N)c2cc(C)cc(C)c2)nn1. The summed E-state index contributed by atoms with van der Waals surface area (Å²) in [5.74, 6) is 0.492. The molecule has 0 aliphatic carbocycles. The molecular formula is C14H17N3O. The number of hydrogen-bond donors (Lipinski definition) is 1. The van der Waals surface area contributed by atoms with E-state index in [1.807, 2.05) is 6.07 Å². The Morgan fingerprint density at radius 3 is 2.22 bits per heavy atom. The summed E-state index contributed by atoms with van der Waals surface area (Å²) in [5.41, 5.74) is 10.4. The maximum absolute atomic E-state index is 6.20. The monoisotopic (exact) mass is 243 g/mol. The largest absolute Gasteiger partial charge is 0.480 e. The fourth-order valence-electron chi connectivity index (χ4n) is 1.97. The van der Waals surface area contributed by atoms with E-state index in [2.05, 4.69) is 42.2 Å². The Kier molecular flexibility index (Phi) is 3.58. The highest BCUT2D eigenvalue weighted by atomic mass is 16.5. The smallest absolute Gasteiger partial charge is 0.233 e. The van der Waals surface area contributed by atoms with E-state index in [1.165, 1.54) is 11.1 Å². The Hall–Kier alpha value is -1.94. The third kappa shape index (κ3) is 2.65. The van der Waals surface area contributed by atoms with Gasteiger partial charge in [0.25, 0.3) is 0 Å². The maximum atomic E-state index is 6.20. The van der Waals surface area contributed by atoms with Crippen LogP contribution in [0.15, 0.2) is 30.3 Å². The third-order valence-electron chi connectivity index (χ3n) is 2.79. The Labute approximate surface area is 107 Å². The van der Waals surface area contributed by atoms with Crippen molar-refractivity contribution in [3.8, 4) is 5.88 Å². The quantitative estimate of drug-likeness (QED) is 0.897. The first-order valence-electron chi connectivity index (χ1n) is 5.81. The molecule has 2 rings (SSSR count). The van der Waals surface area contributed by atoms with Crippen LogP contribution in [0.1, 0.15) is 28.4 Å². The van der Waals surface area contributed by atoms with Crippen molar-refractivity contribution in [3.05, 3.63) is 52.7 Å². The van der Waals surface area contributed by atoms with Crippen molar-refractivity contribution in [2.75, 3.05) is 7.11 Å². The first kappa shape index (κ1) is 12.5. The molecule has 0 saturated heterocycles. The second-order valence-electron chi connectivity index (χ2n) is 4.40. The molecule has 1 aromatic carbocycles. The summed E-state index contributed by atoms with van der Waals surface area (Å²) in [6.07, 6.45) is 0. The van der Waals surface area contributed by atoms with Crippen molar-refractivity contribution < 1.29 is 4.74 Å². The fourth-order valence-corrected chi connectivity index (χ4v) is 1.97. The summed E-state index contributed by atoms with van der Waals surface area (Å²) in [4.78, 5) is 0. The van der Waals surface area contributed by atoms with Crippen LogP contribution in [0.2, 0.25) is 0 Å². The summed E-state index contributed by atoms with van der Waals surface area (Å²) in [7, 11) is 1.56. The number of ether oxygens (including phenoxy) is 1. The minimum Gasteiger partial charge on any atom is -0.480 e. The van der Waals surface area contributed by atoms with Crippen LogP contribution in [0.3, 0.4) is 0 Å². The van der Waals surface area contributed by atoms with E-state index >= 15 is 0 Å². The number of hydrogen-bond acceptors (Lipinski definition) is 4. The highest BCUT2D eigenvalue weighted by molar-refractivity contribution is 5.34. The van der Waals surface area contributed by atoms with Crippen LogP contribution in [0, 0.1) is 13.8 Å². The lowest BCUT2D eigenvalue weighted by molar-refractivity contribution is 0.390. The topological polar surface area (TPSA) is 61.0 Å². The van der Waals surface area contributed by atoms with E-state index in [1.54, 1.807) is 13.2 Å². The van der Waals surface area contributed by atoms with Crippen LogP contribution in [0.5, 0.6) is 5.88 Å². The summed E-state index contributed by atoms with van der Waals surface area (Å²) in [5, 5.41) is 8.02. The highest BCUT2D eigenvalue weighted by Crippen LogP contribution is 2.20. The zero-order chi connectivity index (χ0) is 13.1. The van der Waals surface area contributed by atoms with Crippen molar-refractivity contribution in [3.63, 3.8) is 0 Å². The number of benzene rings is 1. The first-order chi connectivity index (χ1) is 8.60. The molecule has 4 heteroatoms. The van der Waals surface area contributed by atoms with Gasteiger partial charge in [-0.2, -0.15) is 0 Å². The van der Waals surface area contributed by atoms with E-state index < -0.39 is 0 Å². The molecule has 4 nitrogen and oxygen atoms in total. The standard InChI is InChI=1S/C14H17N3O/c1-9-6-10(2)8-11(7-9)14(15)12-4-5-13(18-3)17-16-12/h4-8,14H,15H2,1-3H3. The predicted molar refractivity (Wildman–Crippen MR) is 70.5 cm³/mol. The van der Waals surface area contributed by atoms with E-state index in [-0.39, 0.29) is 6.04 Å². The number of aromatic nitrogens is 2. The Balaban J connectivity index is 2.31. The van der Waals surface area contributed by atoms with E-state index in [0.717, 1.165) is 11.3 Å².